The third-order valence-electron chi connectivity index (χ3n) is 6.23. The molecule has 1 unspecified atom stereocenters. The Balaban J connectivity index is 1.49. The van der Waals surface area contributed by atoms with Crippen molar-refractivity contribution in [3.8, 4) is 11.3 Å². The molecule has 3 heterocycles. The van der Waals surface area contributed by atoms with Gasteiger partial charge in [-0.25, -0.2) is 15.0 Å². The summed E-state index contributed by atoms with van der Waals surface area (Å²) in [4.78, 5) is 30.0. The molecule has 3 aromatic rings. The molecule has 2 aromatic heterocycles. The number of fused-ring (bicyclic) bond motifs is 1. The molecule has 35 heavy (non-hydrogen) atoms. The minimum atomic E-state index is -0.930. The lowest BCUT2D eigenvalue weighted by Crippen LogP contribution is -2.45. The summed E-state index contributed by atoms with van der Waals surface area (Å²) in [5, 5.41) is 17.5. The Morgan fingerprint density at radius 2 is 2.00 bits per heavy atom. The van der Waals surface area contributed by atoms with Crippen molar-refractivity contribution in [1.82, 2.24) is 25.2 Å². The minimum absolute atomic E-state index is 0.181. The summed E-state index contributed by atoms with van der Waals surface area (Å²) in [6.07, 6.45) is 0.614. The number of aromatic nitrogens is 3. The van der Waals surface area contributed by atoms with Crippen LogP contribution in [0.2, 0.25) is 5.02 Å². The predicted octanol–water partition coefficient (Wildman–Crippen LogP) is 3.37. The van der Waals surface area contributed by atoms with E-state index in [1.54, 1.807) is 25.1 Å². The van der Waals surface area contributed by atoms with Crippen LogP contribution in [0.3, 0.4) is 0 Å². The quantitative estimate of drug-likeness (QED) is 0.458. The lowest BCUT2D eigenvalue weighted by molar-refractivity contribution is -0.131. The Bertz CT molecular complexity index is 1240. The first kappa shape index (κ1) is 24.8. The summed E-state index contributed by atoms with van der Waals surface area (Å²) in [5.74, 6) is 1.10. The first-order valence-electron chi connectivity index (χ1n) is 11.4. The molecule has 0 saturated carbocycles. The van der Waals surface area contributed by atoms with Crippen LogP contribution in [0.4, 0.5) is 11.8 Å². The van der Waals surface area contributed by atoms with Crippen molar-refractivity contribution in [2.24, 2.45) is 0 Å². The monoisotopic (exact) mass is 495 g/mol. The zero-order valence-corrected chi connectivity index (χ0v) is 21.2. The van der Waals surface area contributed by atoms with Gasteiger partial charge in [0, 0.05) is 38.8 Å². The van der Waals surface area contributed by atoms with Gasteiger partial charge >= 0.3 is 0 Å². The van der Waals surface area contributed by atoms with Gasteiger partial charge in [-0.15, -0.1) is 0 Å². The molecule has 1 aliphatic heterocycles. The van der Waals surface area contributed by atoms with E-state index in [0.717, 1.165) is 28.2 Å². The summed E-state index contributed by atoms with van der Waals surface area (Å²) in [6, 6.07) is 10.6. The Kier molecular flexibility index (Phi) is 7.20. The highest BCUT2D eigenvalue weighted by Gasteiger charge is 2.35. The summed E-state index contributed by atoms with van der Waals surface area (Å²) < 4.78 is 0. The fraction of sp³-hybridized carbons (Fsp3) is 0.360. The van der Waals surface area contributed by atoms with E-state index in [4.69, 9.17) is 11.6 Å². The molecule has 0 aliphatic carbocycles. The van der Waals surface area contributed by atoms with Crippen molar-refractivity contribution in [3.05, 3.63) is 64.4 Å². The Morgan fingerprint density at radius 3 is 2.71 bits per heavy atom. The molecule has 0 spiro atoms. The number of hydrogen-bond acceptors (Lipinski definition) is 8. The molecule has 184 valence electrons. The second-order valence-corrected chi connectivity index (χ2v) is 9.23. The van der Waals surface area contributed by atoms with Crippen molar-refractivity contribution in [2.45, 2.75) is 38.7 Å². The molecule has 3 atom stereocenters. The first-order chi connectivity index (χ1) is 16.7. The van der Waals surface area contributed by atoms with Gasteiger partial charge in [-0.3, -0.25) is 9.69 Å². The number of anilines is 2. The van der Waals surface area contributed by atoms with Gasteiger partial charge in [-0.2, -0.15) is 0 Å². The average Bonchev–Trinajstić information content (AvgIpc) is 3.19. The molecular weight excluding hydrogens is 466 g/mol. The summed E-state index contributed by atoms with van der Waals surface area (Å²) in [6.45, 7) is 4.15. The molecule has 0 fully saturated rings. The van der Waals surface area contributed by atoms with E-state index in [1.807, 2.05) is 62.3 Å². The predicted molar refractivity (Wildman–Crippen MR) is 137 cm³/mol. The standard InChI is InChI=1S/C25H30ClN7O2/c1-14(20-7-6-8-21(30-20)32(4)5)29-23(34)15(2)33-13-17-10-9-16(11-18(17)24(33)35)22-19(26)12-28-25(27-3)31-22/h6-12,14-15,24,35H,13H2,1-5H3,(H,29,34)(H,27,28,31)/t14-,15-,24?/m1/s1. The molecule has 1 aliphatic rings. The zero-order chi connectivity index (χ0) is 25.3. The topological polar surface area (TPSA) is 107 Å². The number of pyridine rings is 1. The van der Waals surface area contributed by atoms with E-state index in [0.29, 0.717) is 23.2 Å². The van der Waals surface area contributed by atoms with E-state index < -0.39 is 12.3 Å². The Morgan fingerprint density at radius 1 is 1.23 bits per heavy atom. The van der Waals surface area contributed by atoms with Crippen LogP contribution in [0.15, 0.2) is 42.6 Å². The van der Waals surface area contributed by atoms with Gasteiger partial charge in [0.15, 0.2) is 0 Å². The average molecular weight is 496 g/mol. The van der Waals surface area contributed by atoms with Gasteiger partial charge in [-0.05, 0) is 37.6 Å². The van der Waals surface area contributed by atoms with Crippen molar-refractivity contribution in [3.63, 3.8) is 0 Å². The third-order valence-corrected chi connectivity index (χ3v) is 6.50. The van der Waals surface area contributed by atoms with E-state index in [9.17, 15) is 9.90 Å². The number of hydrogen-bond donors (Lipinski definition) is 3. The number of rotatable bonds is 7. The molecule has 3 N–H and O–H groups in total. The zero-order valence-electron chi connectivity index (χ0n) is 20.5. The molecule has 1 amide bonds. The number of nitrogens with zero attached hydrogens (tertiary/aromatic N) is 5. The number of carbonyl (C=O) groups excluding carboxylic acids is 1. The van der Waals surface area contributed by atoms with Crippen molar-refractivity contribution >= 4 is 29.3 Å². The maximum Gasteiger partial charge on any atom is 0.237 e. The van der Waals surface area contributed by atoms with Gasteiger partial charge in [0.05, 0.1) is 34.7 Å². The number of aliphatic hydroxyl groups excluding tert-OH is 1. The number of amides is 1. The second kappa shape index (κ2) is 10.2. The van der Waals surface area contributed by atoms with E-state index in [-0.39, 0.29) is 11.9 Å². The normalized spacial score (nSPS) is 16.9. The minimum Gasteiger partial charge on any atom is -0.374 e. The third kappa shape index (κ3) is 5.07. The number of benzene rings is 1. The van der Waals surface area contributed by atoms with Crippen LogP contribution in [0.5, 0.6) is 0 Å². The fourth-order valence-electron chi connectivity index (χ4n) is 4.12. The van der Waals surface area contributed by atoms with Gasteiger partial charge in [-0.1, -0.05) is 29.8 Å². The van der Waals surface area contributed by atoms with Gasteiger partial charge in [0.1, 0.15) is 12.0 Å². The number of carbonyl (C=O) groups is 1. The molecule has 9 nitrogen and oxygen atoms in total. The molecule has 0 saturated heterocycles. The number of aliphatic hydroxyl groups is 1. The largest absolute Gasteiger partial charge is 0.374 e. The van der Waals surface area contributed by atoms with Crippen LogP contribution in [-0.4, -0.2) is 58.1 Å². The molecule has 1 aromatic carbocycles. The lowest BCUT2D eigenvalue weighted by atomic mass is 10.0. The number of nitrogens with one attached hydrogen (secondary N) is 2. The van der Waals surface area contributed by atoms with Crippen molar-refractivity contribution in [1.29, 1.82) is 0 Å². The summed E-state index contributed by atoms with van der Waals surface area (Å²) in [5.41, 5.74) is 3.80. The van der Waals surface area contributed by atoms with Crippen LogP contribution >= 0.6 is 11.6 Å². The smallest absolute Gasteiger partial charge is 0.237 e. The van der Waals surface area contributed by atoms with Crippen LogP contribution in [0.1, 0.15) is 42.9 Å². The van der Waals surface area contributed by atoms with Crippen LogP contribution in [0.25, 0.3) is 11.3 Å². The highest BCUT2D eigenvalue weighted by molar-refractivity contribution is 6.32. The Hall–Kier alpha value is -3.27. The SMILES string of the molecule is CNc1ncc(Cl)c(-c2ccc3c(c2)C(O)N([C@H](C)C(=O)N[C@H](C)c2cccc(N(C)C)n2)C3)n1. The second-order valence-electron chi connectivity index (χ2n) is 8.82. The van der Waals surface area contributed by atoms with E-state index in [1.165, 1.54) is 0 Å². The maximum atomic E-state index is 13.1. The van der Waals surface area contributed by atoms with Crippen molar-refractivity contribution in [2.75, 3.05) is 31.4 Å². The van der Waals surface area contributed by atoms with Gasteiger partial charge in [0.25, 0.3) is 0 Å². The molecule has 4 rings (SSSR count). The van der Waals surface area contributed by atoms with Crippen LogP contribution in [0, 0.1) is 0 Å². The molecular formula is C25H30ClN7O2. The molecule has 0 radical (unpaired) electrons. The van der Waals surface area contributed by atoms with Gasteiger partial charge in [0.2, 0.25) is 11.9 Å². The first-order valence-corrected chi connectivity index (χ1v) is 11.8. The Labute approximate surface area is 210 Å². The van der Waals surface area contributed by atoms with Crippen molar-refractivity contribution < 1.29 is 9.90 Å². The molecule has 10 heteroatoms. The highest BCUT2D eigenvalue weighted by Crippen LogP contribution is 2.37. The molecule has 0 bridgehead atoms. The van der Waals surface area contributed by atoms with E-state index >= 15 is 0 Å². The highest BCUT2D eigenvalue weighted by atomic mass is 35.5. The summed E-state index contributed by atoms with van der Waals surface area (Å²) >= 11 is 6.34. The lowest BCUT2D eigenvalue weighted by Gasteiger charge is -2.28. The van der Waals surface area contributed by atoms with E-state index in [2.05, 4.69) is 25.6 Å². The van der Waals surface area contributed by atoms with Gasteiger partial charge < -0.3 is 20.6 Å². The fourth-order valence-corrected chi connectivity index (χ4v) is 4.32. The number of halogens is 1. The summed E-state index contributed by atoms with van der Waals surface area (Å²) in [7, 11) is 5.58. The maximum absolute atomic E-state index is 13.1. The van der Waals surface area contributed by atoms with Crippen LogP contribution in [-0.2, 0) is 11.3 Å². The van der Waals surface area contributed by atoms with Crippen LogP contribution < -0.4 is 15.5 Å².